The van der Waals surface area contributed by atoms with Crippen molar-refractivity contribution < 1.29 is 14.3 Å². The Balaban J connectivity index is 1.44. The Kier molecular flexibility index (Phi) is 6.49. The molecular weight excluding hydrogens is 420 g/mol. The van der Waals surface area contributed by atoms with E-state index in [1.54, 1.807) is 60.7 Å². The number of ether oxygens (including phenoxy) is 2. The monoisotopic (exact) mass is 444 g/mol. The molecule has 0 aliphatic heterocycles. The van der Waals surface area contributed by atoms with E-state index in [4.69, 9.17) is 9.47 Å². The molecule has 2 N–H and O–H groups in total. The third-order valence-electron chi connectivity index (χ3n) is 4.93. The van der Waals surface area contributed by atoms with E-state index in [2.05, 4.69) is 25.7 Å². The minimum absolute atomic E-state index is 0.192. The fourth-order valence-electron chi connectivity index (χ4n) is 3.19. The third-order valence-corrected chi connectivity index (χ3v) is 4.93. The van der Waals surface area contributed by atoms with Gasteiger partial charge in [-0.25, -0.2) is 9.97 Å². The van der Waals surface area contributed by atoms with E-state index in [9.17, 15) is 4.79 Å². The molecule has 0 saturated heterocycles. The molecule has 0 aliphatic rings. The van der Waals surface area contributed by atoms with Gasteiger partial charge in [0.2, 0.25) is 5.88 Å². The standard InChI is InChI=1S/C24H24N6O3/c1-16-20(24(31)27-13-17-7-8-23(32-3)26-12-17)5-4-6-21(16)33-19-9-10-25-22(11-19)29-18-14-28-30(2)15-18/h4-12,14-15H,13H2,1-3H3,(H,25,29)(H,27,31). The summed E-state index contributed by atoms with van der Waals surface area (Å²) >= 11 is 0. The number of anilines is 2. The van der Waals surface area contributed by atoms with Gasteiger partial charge in [-0.05, 0) is 30.7 Å². The van der Waals surface area contributed by atoms with Gasteiger partial charge in [-0.3, -0.25) is 9.48 Å². The summed E-state index contributed by atoms with van der Waals surface area (Å²) in [6, 6.07) is 12.6. The Morgan fingerprint density at radius 3 is 2.73 bits per heavy atom. The summed E-state index contributed by atoms with van der Waals surface area (Å²) in [5.74, 6) is 2.15. The van der Waals surface area contributed by atoms with Gasteiger partial charge in [0.15, 0.2) is 0 Å². The molecule has 168 valence electrons. The van der Waals surface area contributed by atoms with Crippen LogP contribution in [0.2, 0.25) is 0 Å². The van der Waals surface area contributed by atoms with Crippen LogP contribution >= 0.6 is 0 Å². The average molecular weight is 444 g/mol. The van der Waals surface area contributed by atoms with Crippen molar-refractivity contribution in [2.75, 3.05) is 12.4 Å². The zero-order chi connectivity index (χ0) is 23.2. The van der Waals surface area contributed by atoms with Crippen LogP contribution in [0.25, 0.3) is 0 Å². The van der Waals surface area contributed by atoms with Crippen LogP contribution in [-0.4, -0.2) is 32.8 Å². The molecule has 0 bridgehead atoms. The van der Waals surface area contributed by atoms with Crippen LogP contribution in [0.5, 0.6) is 17.4 Å². The normalized spacial score (nSPS) is 10.5. The molecule has 9 nitrogen and oxygen atoms in total. The molecule has 0 fully saturated rings. The Morgan fingerprint density at radius 2 is 2.00 bits per heavy atom. The number of amides is 1. The van der Waals surface area contributed by atoms with Gasteiger partial charge < -0.3 is 20.1 Å². The highest BCUT2D eigenvalue weighted by atomic mass is 16.5. The van der Waals surface area contributed by atoms with Crippen LogP contribution in [0.1, 0.15) is 21.5 Å². The number of hydrogen-bond donors (Lipinski definition) is 2. The first-order valence-electron chi connectivity index (χ1n) is 10.3. The van der Waals surface area contributed by atoms with Crippen molar-refractivity contribution in [1.82, 2.24) is 25.1 Å². The molecule has 0 unspecified atom stereocenters. The number of rotatable bonds is 8. The number of aromatic nitrogens is 4. The van der Waals surface area contributed by atoms with Gasteiger partial charge in [-0.2, -0.15) is 5.10 Å². The van der Waals surface area contributed by atoms with Crippen LogP contribution in [0.3, 0.4) is 0 Å². The summed E-state index contributed by atoms with van der Waals surface area (Å²) in [5, 5.41) is 10.2. The van der Waals surface area contributed by atoms with E-state index in [1.165, 1.54) is 0 Å². The molecule has 1 amide bonds. The molecule has 1 aromatic carbocycles. The summed E-state index contributed by atoms with van der Waals surface area (Å²) in [4.78, 5) is 21.3. The van der Waals surface area contributed by atoms with Crippen molar-refractivity contribution in [2.24, 2.45) is 7.05 Å². The summed E-state index contributed by atoms with van der Waals surface area (Å²) in [6.07, 6.45) is 6.89. The third kappa shape index (κ3) is 5.45. The Labute approximate surface area is 191 Å². The van der Waals surface area contributed by atoms with Crippen molar-refractivity contribution >= 4 is 17.4 Å². The van der Waals surface area contributed by atoms with Gasteiger partial charge in [-0.15, -0.1) is 0 Å². The Hall–Kier alpha value is -4.40. The van der Waals surface area contributed by atoms with Crippen molar-refractivity contribution in [3.63, 3.8) is 0 Å². The second-order valence-electron chi connectivity index (χ2n) is 7.33. The molecule has 4 rings (SSSR count). The highest BCUT2D eigenvalue weighted by molar-refractivity contribution is 5.96. The zero-order valence-electron chi connectivity index (χ0n) is 18.6. The van der Waals surface area contributed by atoms with Crippen LogP contribution in [0.15, 0.2) is 67.3 Å². The SMILES string of the molecule is COc1ccc(CNC(=O)c2cccc(Oc3ccnc(Nc4cnn(C)c4)c3)c2C)cn1. The highest BCUT2D eigenvalue weighted by Crippen LogP contribution is 2.28. The van der Waals surface area contributed by atoms with Crippen LogP contribution in [-0.2, 0) is 13.6 Å². The van der Waals surface area contributed by atoms with Gasteiger partial charge in [0.25, 0.3) is 5.91 Å². The first kappa shape index (κ1) is 21.8. The lowest BCUT2D eigenvalue weighted by molar-refractivity contribution is 0.0950. The molecule has 0 spiro atoms. The van der Waals surface area contributed by atoms with Gasteiger partial charge in [0, 0.05) is 55.4 Å². The first-order chi connectivity index (χ1) is 16.0. The van der Waals surface area contributed by atoms with Gasteiger partial charge in [-0.1, -0.05) is 12.1 Å². The predicted molar refractivity (Wildman–Crippen MR) is 124 cm³/mol. The lowest BCUT2D eigenvalue weighted by atomic mass is 10.1. The number of hydrogen-bond acceptors (Lipinski definition) is 7. The number of carbonyl (C=O) groups excluding carboxylic acids is 1. The van der Waals surface area contributed by atoms with Crippen molar-refractivity contribution in [3.05, 3.63) is 83.9 Å². The van der Waals surface area contributed by atoms with E-state index in [-0.39, 0.29) is 5.91 Å². The molecule has 33 heavy (non-hydrogen) atoms. The van der Waals surface area contributed by atoms with Gasteiger partial charge in [0.1, 0.15) is 17.3 Å². The Morgan fingerprint density at radius 1 is 1.12 bits per heavy atom. The molecule has 0 radical (unpaired) electrons. The van der Waals surface area contributed by atoms with E-state index in [0.29, 0.717) is 35.3 Å². The average Bonchev–Trinajstić information content (AvgIpc) is 3.23. The number of benzene rings is 1. The maximum absolute atomic E-state index is 12.8. The Bertz CT molecular complexity index is 1250. The number of nitrogens with one attached hydrogen (secondary N) is 2. The van der Waals surface area contributed by atoms with Crippen LogP contribution < -0.4 is 20.1 Å². The largest absolute Gasteiger partial charge is 0.481 e. The lowest BCUT2D eigenvalue weighted by Crippen LogP contribution is -2.23. The first-order valence-corrected chi connectivity index (χ1v) is 10.3. The molecule has 3 aromatic heterocycles. The molecule has 3 heterocycles. The minimum atomic E-state index is -0.192. The fourth-order valence-corrected chi connectivity index (χ4v) is 3.19. The van der Waals surface area contributed by atoms with Crippen molar-refractivity contribution in [3.8, 4) is 17.4 Å². The van der Waals surface area contributed by atoms with E-state index in [1.807, 2.05) is 32.3 Å². The smallest absolute Gasteiger partial charge is 0.251 e. The summed E-state index contributed by atoms with van der Waals surface area (Å²) in [5.41, 5.74) is 2.97. The minimum Gasteiger partial charge on any atom is -0.481 e. The second kappa shape index (κ2) is 9.82. The molecule has 0 aliphatic carbocycles. The fraction of sp³-hybridized carbons (Fsp3) is 0.167. The maximum atomic E-state index is 12.8. The van der Waals surface area contributed by atoms with E-state index < -0.39 is 0 Å². The summed E-state index contributed by atoms with van der Waals surface area (Å²) < 4.78 is 12.8. The highest BCUT2D eigenvalue weighted by Gasteiger charge is 2.13. The second-order valence-corrected chi connectivity index (χ2v) is 7.33. The maximum Gasteiger partial charge on any atom is 0.251 e. The number of nitrogens with zero attached hydrogens (tertiary/aromatic N) is 4. The van der Waals surface area contributed by atoms with Gasteiger partial charge >= 0.3 is 0 Å². The number of carbonyl (C=O) groups is 1. The molecule has 0 saturated carbocycles. The quantitative estimate of drug-likeness (QED) is 0.423. The van der Waals surface area contributed by atoms with E-state index in [0.717, 1.165) is 16.8 Å². The topological polar surface area (TPSA) is 103 Å². The molecule has 9 heteroatoms. The molecule has 4 aromatic rings. The summed E-state index contributed by atoms with van der Waals surface area (Å²) in [7, 11) is 3.41. The van der Waals surface area contributed by atoms with Gasteiger partial charge in [0.05, 0.1) is 19.0 Å². The van der Waals surface area contributed by atoms with Crippen molar-refractivity contribution in [2.45, 2.75) is 13.5 Å². The predicted octanol–water partition coefficient (Wildman–Crippen LogP) is 3.99. The molecule has 0 atom stereocenters. The van der Waals surface area contributed by atoms with Crippen LogP contribution in [0, 0.1) is 6.92 Å². The lowest BCUT2D eigenvalue weighted by Gasteiger charge is -2.13. The van der Waals surface area contributed by atoms with E-state index >= 15 is 0 Å². The van der Waals surface area contributed by atoms with Crippen molar-refractivity contribution in [1.29, 1.82) is 0 Å². The van der Waals surface area contributed by atoms with Crippen LogP contribution in [0.4, 0.5) is 11.5 Å². The number of pyridine rings is 2. The number of methoxy groups -OCH3 is 1. The molecular formula is C24H24N6O3. The summed E-state index contributed by atoms with van der Waals surface area (Å²) in [6.45, 7) is 2.21. The zero-order valence-corrected chi connectivity index (χ0v) is 18.6. The number of aryl methyl sites for hydroxylation is 1.